The first-order valence-electron chi connectivity index (χ1n) is 26.3. The fraction of sp³-hybridized carbons (Fsp3) is 0.714. The largest absolute Gasteiger partial charge is 0.472 e. The van der Waals surface area contributed by atoms with Gasteiger partial charge in [0.15, 0.2) is 6.10 Å². The van der Waals surface area contributed by atoms with Crippen molar-refractivity contribution < 1.29 is 42.1 Å². The number of carbonyl (C=O) groups excluding carboxylic acids is 2. The minimum atomic E-state index is -4.37. The van der Waals surface area contributed by atoms with Gasteiger partial charge >= 0.3 is 19.8 Å². The summed E-state index contributed by atoms with van der Waals surface area (Å²) in [5.74, 6) is -0.808. The molecule has 0 aliphatic rings. The van der Waals surface area contributed by atoms with Gasteiger partial charge in [0.05, 0.1) is 27.7 Å². The van der Waals surface area contributed by atoms with Gasteiger partial charge in [0.1, 0.15) is 19.8 Å². The summed E-state index contributed by atoms with van der Waals surface area (Å²) < 4.78 is 34.3. The van der Waals surface area contributed by atoms with Crippen LogP contribution in [0.3, 0.4) is 0 Å². The molecule has 0 aromatic carbocycles. The molecule has 2 unspecified atom stereocenters. The van der Waals surface area contributed by atoms with E-state index < -0.39 is 26.5 Å². The minimum Gasteiger partial charge on any atom is -0.462 e. The van der Waals surface area contributed by atoms with Gasteiger partial charge in [-0.05, 0) is 70.6 Å². The van der Waals surface area contributed by atoms with E-state index in [1.54, 1.807) is 0 Å². The van der Waals surface area contributed by atoms with Crippen molar-refractivity contribution in [1.82, 2.24) is 0 Å². The maximum Gasteiger partial charge on any atom is 0.472 e. The molecule has 0 aromatic heterocycles. The summed E-state index contributed by atoms with van der Waals surface area (Å²) in [6.45, 7) is 4.25. The number of hydrogen-bond donors (Lipinski definition) is 1. The van der Waals surface area contributed by atoms with Crippen LogP contribution in [0.25, 0.3) is 0 Å². The van der Waals surface area contributed by atoms with E-state index >= 15 is 0 Å². The number of quaternary nitrogens is 1. The van der Waals surface area contributed by atoms with Crippen molar-refractivity contribution in [3.63, 3.8) is 0 Å². The van der Waals surface area contributed by atoms with Crippen LogP contribution in [0.4, 0.5) is 0 Å². The molecule has 0 aliphatic heterocycles. The SMILES string of the molecule is CC/C=C\C/C=C\C/C=C\C/C=C\C/C=C\C/C=C\C/C=C\CCCCCCCCCCCCCCCC(=O)OC(COC(=O)CCCCCCCCC)COP(=O)(O)OCC[N+](C)(C)C. The summed E-state index contributed by atoms with van der Waals surface area (Å²) >= 11 is 0. The van der Waals surface area contributed by atoms with Crippen LogP contribution in [0, 0.1) is 0 Å². The van der Waals surface area contributed by atoms with Crippen molar-refractivity contribution >= 4 is 19.8 Å². The first kappa shape index (κ1) is 63.2. The molecule has 66 heavy (non-hydrogen) atoms. The van der Waals surface area contributed by atoms with Crippen molar-refractivity contribution in [1.29, 1.82) is 0 Å². The molecule has 0 radical (unpaired) electrons. The molecule has 0 spiro atoms. The Hall–Kier alpha value is -2.81. The van der Waals surface area contributed by atoms with Crippen molar-refractivity contribution in [3.05, 3.63) is 85.1 Å². The number of carbonyl (C=O) groups is 2. The number of allylic oxidation sites excluding steroid dienone is 14. The van der Waals surface area contributed by atoms with Crippen LogP contribution < -0.4 is 0 Å². The highest BCUT2D eigenvalue weighted by Crippen LogP contribution is 2.43. The highest BCUT2D eigenvalue weighted by atomic mass is 31.2. The van der Waals surface area contributed by atoms with Crippen LogP contribution >= 0.6 is 7.82 Å². The van der Waals surface area contributed by atoms with Gasteiger partial charge < -0.3 is 18.9 Å². The molecule has 0 aliphatic carbocycles. The maximum atomic E-state index is 12.7. The number of rotatable bonds is 47. The van der Waals surface area contributed by atoms with E-state index in [-0.39, 0.29) is 32.0 Å². The first-order chi connectivity index (χ1) is 32.0. The lowest BCUT2D eigenvalue weighted by atomic mass is 10.0. The van der Waals surface area contributed by atoms with Crippen LogP contribution in [0.2, 0.25) is 0 Å². The lowest BCUT2D eigenvalue weighted by Crippen LogP contribution is -2.37. The molecular weight excluding hydrogens is 846 g/mol. The second-order valence-corrected chi connectivity index (χ2v) is 20.0. The van der Waals surface area contributed by atoms with Crippen molar-refractivity contribution in [2.45, 2.75) is 213 Å². The fourth-order valence-electron chi connectivity index (χ4n) is 6.88. The molecule has 0 amide bonds. The first-order valence-corrected chi connectivity index (χ1v) is 27.8. The van der Waals surface area contributed by atoms with Gasteiger partial charge in [0.2, 0.25) is 0 Å². The number of esters is 2. The zero-order valence-electron chi connectivity index (χ0n) is 42.9. The zero-order chi connectivity index (χ0) is 48.5. The van der Waals surface area contributed by atoms with Gasteiger partial charge in [-0.15, -0.1) is 0 Å². The quantitative estimate of drug-likeness (QED) is 0.0211. The molecule has 0 heterocycles. The second-order valence-electron chi connectivity index (χ2n) is 18.5. The smallest absolute Gasteiger partial charge is 0.462 e. The number of hydrogen-bond acceptors (Lipinski definition) is 7. The summed E-state index contributed by atoms with van der Waals surface area (Å²) in [6.07, 6.45) is 62.5. The Bertz CT molecular complexity index is 1390. The van der Waals surface area contributed by atoms with E-state index in [1.807, 2.05) is 21.1 Å². The molecule has 0 aromatic rings. The third kappa shape index (κ3) is 50.6. The molecule has 0 bridgehead atoms. The monoisotopic (exact) mass is 945 g/mol. The van der Waals surface area contributed by atoms with E-state index in [0.717, 1.165) is 83.5 Å². The molecule has 0 fully saturated rings. The Morgan fingerprint density at radius 3 is 1.29 bits per heavy atom. The second kappa shape index (κ2) is 47.3. The third-order valence-electron chi connectivity index (χ3n) is 10.9. The van der Waals surface area contributed by atoms with Gasteiger partial charge in [-0.2, -0.15) is 0 Å². The summed E-state index contributed by atoms with van der Waals surface area (Å²) in [5, 5.41) is 0. The maximum absolute atomic E-state index is 12.7. The molecule has 1 N–H and O–H groups in total. The number of phosphoric ester groups is 1. The highest BCUT2D eigenvalue weighted by Gasteiger charge is 2.27. The summed E-state index contributed by atoms with van der Waals surface area (Å²) in [5.41, 5.74) is 0. The predicted molar refractivity (Wildman–Crippen MR) is 279 cm³/mol. The lowest BCUT2D eigenvalue weighted by molar-refractivity contribution is -0.870. The molecule has 380 valence electrons. The molecule has 2 atom stereocenters. The third-order valence-corrected chi connectivity index (χ3v) is 11.9. The van der Waals surface area contributed by atoms with E-state index in [0.29, 0.717) is 17.4 Å². The average Bonchev–Trinajstić information content (AvgIpc) is 3.27. The van der Waals surface area contributed by atoms with Crippen molar-refractivity contribution in [2.24, 2.45) is 0 Å². The van der Waals surface area contributed by atoms with Crippen molar-refractivity contribution in [3.8, 4) is 0 Å². The van der Waals surface area contributed by atoms with Crippen molar-refractivity contribution in [2.75, 3.05) is 47.5 Å². The van der Waals surface area contributed by atoms with Crippen LogP contribution in [-0.2, 0) is 32.7 Å². The van der Waals surface area contributed by atoms with E-state index in [2.05, 4.69) is 98.9 Å². The van der Waals surface area contributed by atoms with Crippen LogP contribution in [0.1, 0.15) is 206 Å². The van der Waals surface area contributed by atoms with Crippen LogP contribution in [0.5, 0.6) is 0 Å². The van der Waals surface area contributed by atoms with Crippen LogP contribution in [0.15, 0.2) is 85.1 Å². The Morgan fingerprint density at radius 2 is 0.864 bits per heavy atom. The highest BCUT2D eigenvalue weighted by molar-refractivity contribution is 7.47. The number of likely N-dealkylation sites (N-methyl/N-ethyl adjacent to an activating group) is 1. The average molecular weight is 945 g/mol. The molecule has 0 rings (SSSR count). The van der Waals surface area contributed by atoms with Gasteiger partial charge in [0.25, 0.3) is 0 Å². The summed E-state index contributed by atoms with van der Waals surface area (Å²) in [6, 6.07) is 0. The number of ether oxygens (including phenoxy) is 2. The van der Waals surface area contributed by atoms with E-state index in [4.69, 9.17) is 18.5 Å². The Kier molecular flexibility index (Phi) is 45.3. The molecular formula is C56H99NO8P+. The Balaban J connectivity index is 3.98. The molecule has 0 saturated heterocycles. The number of nitrogens with zero attached hydrogens (tertiary/aromatic N) is 1. The number of phosphoric acid groups is 1. The number of unbranched alkanes of at least 4 members (excludes halogenated alkanes) is 19. The predicted octanol–water partition coefficient (Wildman–Crippen LogP) is 15.9. The van der Waals surface area contributed by atoms with Gasteiger partial charge in [-0.25, -0.2) is 4.57 Å². The van der Waals surface area contributed by atoms with Gasteiger partial charge in [0, 0.05) is 12.8 Å². The summed E-state index contributed by atoms with van der Waals surface area (Å²) in [4.78, 5) is 35.3. The van der Waals surface area contributed by atoms with Gasteiger partial charge in [-0.3, -0.25) is 18.6 Å². The van der Waals surface area contributed by atoms with E-state index in [9.17, 15) is 19.0 Å². The lowest BCUT2D eigenvalue weighted by Gasteiger charge is -2.24. The molecule has 0 saturated carbocycles. The standard InChI is InChI=1S/C56H98NO8P/c1-6-8-10-12-14-15-16-17-18-19-20-21-22-23-24-25-26-27-28-29-30-31-32-33-34-35-36-37-38-39-40-41-43-45-47-49-56(59)65-54(53-64-66(60,61)63-51-50-57(3,4)5)52-62-55(58)48-46-44-42-13-11-9-7-2/h8,10,14-15,17-18,20-21,23-24,26-27,29-30,54H,6-7,9,11-13,16,19,22,25,28,31-53H2,1-5H3/p+1/b10-8-,15-14-,18-17-,21-20-,24-23-,27-26-,30-29-. The Morgan fingerprint density at radius 1 is 0.485 bits per heavy atom. The summed E-state index contributed by atoms with van der Waals surface area (Å²) in [7, 11) is 1.47. The Labute approximate surface area is 405 Å². The van der Waals surface area contributed by atoms with E-state index in [1.165, 1.54) is 89.9 Å². The molecule has 10 heteroatoms. The normalized spacial score (nSPS) is 14.1. The topological polar surface area (TPSA) is 108 Å². The fourth-order valence-corrected chi connectivity index (χ4v) is 7.62. The minimum absolute atomic E-state index is 0.0297. The van der Waals surface area contributed by atoms with Gasteiger partial charge in [-0.1, -0.05) is 208 Å². The molecule has 9 nitrogen and oxygen atoms in total. The van der Waals surface area contributed by atoms with Crippen LogP contribution in [-0.4, -0.2) is 74.9 Å². The zero-order valence-corrected chi connectivity index (χ0v) is 43.8.